The van der Waals surface area contributed by atoms with Crippen LogP contribution in [-0.2, 0) is 0 Å². The van der Waals surface area contributed by atoms with Gasteiger partial charge < -0.3 is 10.4 Å². The summed E-state index contributed by atoms with van der Waals surface area (Å²) < 4.78 is 0. The average molecular weight is 191 g/mol. The van der Waals surface area contributed by atoms with Crippen molar-refractivity contribution < 1.29 is 9.90 Å². The van der Waals surface area contributed by atoms with E-state index in [1.165, 1.54) is 0 Å². The summed E-state index contributed by atoms with van der Waals surface area (Å²) in [4.78, 5) is 10.8. The fourth-order valence-electron chi connectivity index (χ4n) is 1.84. The van der Waals surface area contributed by atoms with Gasteiger partial charge in [0.1, 0.15) is 0 Å². The molecule has 2 rings (SSSR count). The number of aromatic carboxylic acids is 1. The molecule has 1 atom stereocenters. The van der Waals surface area contributed by atoms with Crippen LogP contribution in [0.3, 0.4) is 0 Å². The van der Waals surface area contributed by atoms with E-state index in [9.17, 15) is 4.79 Å². The molecule has 0 aliphatic carbocycles. The normalized spacial score (nSPS) is 19.6. The third-order valence-corrected chi connectivity index (χ3v) is 2.72. The first kappa shape index (κ1) is 9.06. The minimum absolute atomic E-state index is 0.374. The van der Waals surface area contributed by atoms with Crippen molar-refractivity contribution in [2.24, 2.45) is 0 Å². The highest BCUT2D eigenvalue weighted by atomic mass is 16.4. The standard InChI is InChI=1S/C11H13NO2/c1-7-4-5-12-10-3-2-8(11(13)14)6-9(7)10/h2-3,6-7,12H,4-5H2,1H3,(H,13,14). The Labute approximate surface area is 82.8 Å². The van der Waals surface area contributed by atoms with Crippen molar-refractivity contribution in [3.8, 4) is 0 Å². The summed E-state index contributed by atoms with van der Waals surface area (Å²) >= 11 is 0. The first-order valence-corrected chi connectivity index (χ1v) is 4.79. The molecule has 1 aliphatic heterocycles. The van der Waals surface area contributed by atoms with Gasteiger partial charge in [0.05, 0.1) is 5.56 Å². The fourth-order valence-corrected chi connectivity index (χ4v) is 1.84. The molecular formula is C11H13NO2. The van der Waals surface area contributed by atoms with Crippen molar-refractivity contribution in [3.05, 3.63) is 29.3 Å². The van der Waals surface area contributed by atoms with E-state index in [4.69, 9.17) is 5.11 Å². The average Bonchev–Trinajstić information content (AvgIpc) is 2.18. The van der Waals surface area contributed by atoms with Crippen LogP contribution in [0.15, 0.2) is 18.2 Å². The highest BCUT2D eigenvalue weighted by Gasteiger charge is 2.17. The molecule has 1 unspecified atom stereocenters. The molecule has 2 N–H and O–H groups in total. The maximum Gasteiger partial charge on any atom is 0.335 e. The van der Waals surface area contributed by atoms with E-state index >= 15 is 0 Å². The van der Waals surface area contributed by atoms with Gasteiger partial charge >= 0.3 is 5.97 Å². The third-order valence-electron chi connectivity index (χ3n) is 2.72. The number of hydrogen-bond donors (Lipinski definition) is 2. The first-order chi connectivity index (χ1) is 6.68. The Morgan fingerprint density at radius 3 is 3.07 bits per heavy atom. The molecule has 0 radical (unpaired) electrons. The van der Waals surface area contributed by atoms with Crippen LogP contribution < -0.4 is 5.32 Å². The summed E-state index contributed by atoms with van der Waals surface area (Å²) in [5, 5.41) is 12.1. The second-order valence-corrected chi connectivity index (χ2v) is 3.72. The van der Waals surface area contributed by atoms with Gasteiger partial charge in [-0.1, -0.05) is 6.92 Å². The Balaban J connectivity index is 2.45. The molecule has 0 saturated carbocycles. The molecule has 3 nitrogen and oxygen atoms in total. The summed E-state index contributed by atoms with van der Waals surface area (Å²) in [6.45, 7) is 3.10. The van der Waals surface area contributed by atoms with Gasteiger partial charge in [0.25, 0.3) is 0 Å². The quantitative estimate of drug-likeness (QED) is 0.716. The Hall–Kier alpha value is -1.51. The highest BCUT2D eigenvalue weighted by molar-refractivity contribution is 5.88. The van der Waals surface area contributed by atoms with Crippen molar-refractivity contribution in [1.29, 1.82) is 0 Å². The molecule has 14 heavy (non-hydrogen) atoms. The van der Waals surface area contributed by atoms with Crippen LogP contribution in [0.4, 0.5) is 5.69 Å². The zero-order valence-corrected chi connectivity index (χ0v) is 8.08. The maximum atomic E-state index is 10.8. The lowest BCUT2D eigenvalue weighted by Crippen LogP contribution is -2.15. The summed E-state index contributed by atoms with van der Waals surface area (Å²) in [5.74, 6) is -0.406. The van der Waals surface area contributed by atoms with Crippen molar-refractivity contribution in [2.75, 3.05) is 11.9 Å². The number of fused-ring (bicyclic) bond motifs is 1. The summed E-state index contributed by atoms with van der Waals surface area (Å²) in [6, 6.07) is 5.27. The Morgan fingerprint density at radius 2 is 2.36 bits per heavy atom. The van der Waals surface area contributed by atoms with Crippen LogP contribution in [0.1, 0.15) is 35.2 Å². The van der Waals surface area contributed by atoms with E-state index in [0.29, 0.717) is 11.5 Å². The number of benzene rings is 1. The Morgan fingerprint density at radius 1 is 1.57 bits per heavy atom. The molecule has 1 aliphatic rings. The second-order valence-electron chi connectivity index (χ2n) is 3.72. The molecule has 1 aromatic carbocycles. The predicted molar refractivity (Wildman–Crippen MR) is 54.9 cm³/mol. The molecule has 0 amide bonds. The Bertz CT molecular complexity index is 374. The lowest BCUT2D eigenvalue weighted by Gasteiger charge is -2.23. The predicted octanol–water partition coefficient (Wildman–Crippen LogP) is 2.30. The molecular weight excluding hydrogens is 178 g/mol. The smallest absolute Gasteiger partial charge is 0.335 e. The summed E-state index contributed by atoms with van der Waals surface area (Å²) in [6.07, 6.45) is 1.07. The molecule has 0 fully saturated rings. The van der Waals surface area contributed by atoms with Crippen LogP contribution in [0, 0.1) is 0 Å². The van der Waals surface area contributed by atoms with Crippen LogP contribution in [0.2, 0.25) is 0 Å². The maximum absolute atomic E-state index is 10.8. The summed E-state index contributed by atoms with van der Waals surface area (Å²) in [5.41, 5.74) is 2.57. The van der Waals surface area contributed by atoms with Crippen molar-refractivity contribution in [2.45, 2.75) is 19.3 Å². The van der Waals surface area contributed by atoms with Crippen LogP contribution in [-0.4, -0.2) is 17.6 Å². The lowest BCUT2D eigenvalue weighted by molar-refractivity contribution is 0.0697. The van der Waals surface area contributed by atoms with Gasteiger partial charge in [0.2, 0.25) is 0 Å². The molecule has 74 valence electrons. The monoisotopic (exact) mass is 191 g/mol. The molecule has 0 saturated heterocycles. The van der Waals surface area contributed by atoms with E-state index in [0.717, 1.165) is 24.2 Å². The van der Waals surface area contributed by atoms with Gasteiger partial charge in [0.15, 0.2) is 0 Å². The van der Waals surface area contributed by atoms with Gasteiger partial charge in [-0.15, -0.1) is 0 Å². The summed E-state index contributed by atoms with van der Waals surface area (Å²) in [7, 11) is 0. The number of carboxylic acids is 1. The van der Waals surface area contributed by atoms with Crippen LogP contribution in [0.25, 0.3) is 0 Å². The molecule has 1 aromatic rings. The fraction of sp³-hybridized carbons (Fsp3) is 0.364. The topological polar surface area (TPSA) is 49.3 Å². The van der Waals surface area contributed by atoms with Crippen LogP contribution >= 0.6 is 0 Å². The largest absolute Gasteiger partial charge is 0.478 e. The number of hydrogen-bond acceptors (Lipinski definition) is 2. The highest BCUT2D eigenvalue weighted by Crippen LogP contribution is 2.31. The third kappa shape index (κ3) is 1.45. The van der Waals surface area contributed by atoms with Gasteiger partial charge in [-0.3, -0.25) is 0 Å². The van der Waals surface area contributed by atoms with E-state index in [2.05, 4.69) is 12.2 Å². The van der Waals surface area contributed by atoms with Crippen LogP contribution in [0.5, 0.6) is 0 Å². The van der Waals surface area contributed by atoms with Crippen molar-refractivity contribution >= 4 is 11.7 Å². The Kier molecular flexibility index (Phi) is 2.15. The van der Waals surface area contributed by atoms with Gasteiger partial charge in [0, 0.05) is 12.2 Å². The van der Waals surface area contributed by atoms with Gasteiger partial charge in [-0.2, -0.15) is 0 Å². The minimum atomic E-state index is -0.856. The van der Waals surface area contributed by atoms with E-state index in [1.807, 2.05) is 6.07 Å². The van der Waals surface area contributed by atoms with Gasteiger partial charge in [-0.25, -0.2) is 4.79 Å². The second kappa shape index (κ2) is 3.33. The van der Waals surface area contributed by atoms with E-state index in [-0.39, 0.29) is 0 Å². The zero-order chi connectivity index (χ0) is 10.1. The number of nitrogens with one attached hydrogen (secondary N) is 1. The van der Waals surface area contributed by atoms with Gasteiger partial charge in [-0.05, 0) is 36.1 Å². The number of carboxylic acid groups (broad SMARTS) is 1. The first-order valence-electron chi connectivity index (χ1n) is 4.79. The van der Waals surface area contributed by atoms with E-state index < -0.39 is 5.97 Å². The van der Waals surface area contributed by atoms with Crippen molar-refractivity contribution in [1.82, 2.24) is 0 Å². The molecule has 0 aromatic heterocycles. The van der Waals surface area contributed by atoms with E-state index in [1.54, 1.807) is 12.1 Å². The molecule has 3 heteroatoms. The number of rotatable bonds is 1. The zero-order valence-electron chi connectivity index (χ0n) is 8.08. The van der Waals surface area contributed by atoms with Crippen molar-refractivity contribution in [3.63, 3.8) is 0 Å². The lowest BCUT2D eigenvalue weighted by atomic mass is 9.91. The number of anilines is 1. The molecule has 0 bridgehead atoms. The molecule has 0 spiro atoms. The SMILES string of the molecule is CC1CCNc2ccc(C(=O)O)cc21. The molecule has 1 heterocycles. The number of carbonyl (C=O) groups is 1. The minimum Gasteiger partial charge on any atom is -0.478 e.